The van der Waals surface area contributed by atoms with Crippen molar-refractivity contribution in [3.05, 3.63) is 76.2 Å². The van der Waals surface area contributed by atoms with Gasteiger partial charge in [0.2, 0.25) is 5.89 Å². The quantitative estimate of drug-likeness (QED) is 0.235. The summed E-state index contributed by atoms with van der Waals surface area (Å²) in [7, 11) is 1.89. The number of aromatic nitrogens is 1. The maximum absolute atomic E-state index is 11.4. The van der Waals surface area contributed by atoms with Crippen LogP contribution in [0.5, 0.6) is 0 Å². The van der Waals surface area contributed by atoms with Crippen LogP contribution in [-0.4, -0.2) is 36.1 Å². The predicted molar refractivity (Wildman–Crippen MR) is 115 cm³/mol. The van der Waals surface area contributed by atoms with Crippen molar-refractivity contribution in [3.8, 4) is 0 Å². The monoisotopic (exact) mass is 407 g/mol. The minimum atomic E-state index is -0.437. The molecule has 0 aliphatic rings. The number of oxazole rings is 1. The van der Waals surface area contributed by atoms with Gasteiger partial charge < -0.3 is 14.1 Å². The molecule has 2 aromatic carbocycles. The number of non-ortho nitro benzene ring substituents is 1. The number of nitro benzene ring substituents is 1. The van der Waals surface area contributed by atoms with Gasteiger partial charge in [-0.2, -0.15) is 0 Å². The van der Waals surface area contributed by atoms with Crippen LogP contribution >= 0.6 is 0 Å². The van der Waals surface area contributed by atoms with Gasteiger partial charge in [-0.25, -0.2) is 9.78 Å². The van der Waals surface area contributed by atoms with Gasteiger partial charge in [0.05, 0.1) is 11.5 Å². The maximum atomic E-state index is 11.4. The zero-order chi connectivity index (χ0) is 21.7. The molecule has 1 heterocycles. The molecule has 0 atom stereocenters. The molecule has 0 bridgehead atoms. The Morgan fingerprint density at radius 3 is 2.67 bits per heavy atom. The molecular formula is C22H21N3O5. The number of fused-ring (bicyclic) bond motifs is 1. The van der Waals surface area contributed by atoms with Crippen molar-refractivity contribution in [1.29, 1.82) is 0 Å². The largest absolute Gasteiger partial charge is 0.460 e. The Morgan fingerprint density at radius 1 is 1.27 bits per heavy atom. The van der Waals surface area contributed by atoms with Crippen molar-refractivity contribution < 1.29 is 18.9 Å². The van der Waals surface area contributed by atoms with Crippen LogP contribution in [0.15, 0.2) is 59.0 Å². The van der Waals surface area contributed by atoms with E-state index in [1.54, 1.807) is 31.2 Å². The van der Waals surface area contributed by atoms with Crippen molar-refractivity contribution in [2.75, 3.05) is 25.1 Å². The molecule has 0 spiro atoms. The zero-order valence-corrected chi connectivity index (χ0v) is 16.7. The highest BCUT2D eigenvalue weighted by Crippen LogP contribution is 2.23. The second-order valence-corrected chi connectivity index (χ2v) is 6.72. The summed E-state index contributed by atoms with van der Waals surface area (Å²) in [6, 6.07) is 11.8. The Kier molecular flexibility index (Phi) is 6.26. The lowest BCUT2D eigenvalue weighted by Crippen LogP contribution is -2.23. The van der Waals surface area contributed by atoms with E-state index in [0.717, 1.165) is 11.3 Å². The minimum absolute atomic E-state index is 0.0417. The Morgan fingerprint density at radius 2 is 2.00 bits per heavy atom. The van der Waals surface area contributed by atoms with Crippen LogP contribution < -0.4 is 4.90 Å². The SMILES string of the molecule is C=C(C)C(=O)OCCN(C)c1ccc2nc(/C=C/c3ccc([N+](=O)[O-])cc3)oc2c1. The third-order valence-corrected chi connectivity index (χ3v) is 4.36. The summed E-state index contributed by atoms with van der Waals surface area (Å²) in [5, 5.41) is 10.7. The molecule has 0 amide bonds. The molecule has 8 heteroatoms. The van der Waals surface area contributed by atoms with Gasteiger partial charge in [0.25, 0.3) is 5.69 Å². The third-order valence-electron chi connectivity index (χ3n) is 4.36. The maximum Gasteiger partial charge on any atom is 0.333 e. The minimum Gasteiger partial charge on any atom is -0.460 e. The molecular weight excluding hydrogens is 386 g/mol. The molecule has 3 rings (SSSR count). The van der Waals surface area contributed by atoms with Crippen LogP contribution in [-0.2, 0) is 9.53 Å². The number of carbonyl (C=O) groups is 1. The predicted octanol–water partition coefficient (Wildman–Crippen LogP) is 4.46. The molecule has 0 radical (unpaired) electrons. The second-order valence-electron chi connectivity index (χ2n) is 6.72. The van der Waals surface area contributed by atoms with Crippen molar-refractivity contribution in [3.63, 3.8) is 0 Å². The van der Waals surface area contributed by atoms with Gasteiger partial charge in [0.15, 0.2) is 5.58 Å². The van der Waals surface area contributed by atoms with E-state index in [2.05, 4.69) is 11.6 Å². The number of esters is 1. The van der Waals surface area contributed by atoms with Crippen LogP contribution in [0.3, 0.4) is 0 Å². The fraction of sp³-hybridized carbons (Fsp3) is 0.182. The fourth-order valence-electron chi connectivity index (χ4n) is 2.64. The second kappa shape index (κ2) is 9.04. The molecule has 0 aliphatic heterocycles. The summed E-state index contributed by atoms with van der Waals surface area (Å²) in [6.45, 7) is 5.93. The smallest absolute Gasteiger partial charge is 0.333 e. The first kappa shape index (κ1) is 20.8. The van der Waals surface area contributed by atoms with Crippen molar-refractivity contribution in [2.45, 2.75) is 6.92 Å². The van der Waals surface area contributed by atoms with Crippen LogP contribution in [0.2, 0.25) is 0 Å². The number of likely N-dealkylation sites (N-methyl/N-ethyl adjacent to an activating group) is 1. The molecule has 0 fully saturated rings. The van der Waals surface area contributed by atoms with E-state index >= 15 is 0 Å². The van der Waals surface area contributed by atoms with Crippen molar-refractivity contribution in [2.24, 2.45) is 0 Å². The number of hydrogen-bond acceptors (Lipinski definition) is 7. The van der Waals surface area contributed by atoms with E-state index in [9.17, 15) is 14.9 Å². The standard InChI is InChI=1S/C22H21N3O5/c1-15(2)22(26)29-13-12-24(3)18-9-10-19-20(14-18)30-21(23-19)11-6-16-4-7-17(8-5-16)25(27)28/h4-11,14H,1,12-13H2,2-3H3/b11-6+. The summed E-state index contributed by atoms with van der Waals surface area (Å²) >= 11 is 0. The number of ether oxygens (including phenoxy) is 1. The average Bonchev–Trinajstić information content (AvgIpc) is 3.14. The van der Waals surface area contributed by atoms with Gasteiger partial charge in [-0.15, -0.1) is 0 Å². The summed E-state index contributed by atoms with van der Waals surface area (Å²) in [5.41, 5.74) is 3.45. The van der Waals surface area contributed by atoms with Gasteiger partial charge >= 0.3 is 5.97 Å². The number of nitro groups is 1. The number of nitrogens with zero attached hydrogens (tertiary/aromatic N) is 3. The normalized spacial score (nSPS) is 11.0. The highest BCUT2D eigenvalue weighted by atomic mass is 16.6. The lowest BCUT2D eigenvalue weighted by atomic mass is 10.2. The molecule has 0 saturated heterocycles. The number of hydrogen-bond donors (Lipinski definition) is 0. The Hall–Kier alpha value is -3.94. The molecule has 0 unspecified atom stereocenters. The van der Waals surface area contributed by atoms with Crippen molar-refractivity contribution in [1.82, 2.24) is 4.98 Å². The summed E-state index contributed by atoms with van der Waals surface area (Å²) in [6.07, 6.45) is 3.49. The van der Waals surface area contributed by atoms with Gasteiger partial charge in [-0.3, -0.25) is 10.1 Å². The summed E-state index contributed by atoms with van der Waals surface area (Å²) in [4.78, 5) is 28.1. The number of rotatable bonds is 8. The van der Waals surface area contributed by atoms with Gasteiger partial charge in [0, 0.05) is 42.6 Å². The molecule has 3 aromatic rings. The average molecular weight is 407 g/mol. The first-order valence-electron chi connectivity index (χ1n) is 9.20. The first-order valence-corrected chi connectivity index (χ1v) is 9.20. The van der Waals surface area contributed by atoms with Crippen LogP contribution in [0.1, 0.15) is 18.4 Å². The van der Waals surface area contributed by atoms with Crippen LogP contribution in [0.4, 0.5) is 11.4 Å². The van der Waals surface area contributed by atoms with E-state index in [4.69, 9.17) is 9.15 Å². The van der Waals surface area contributed by atoms with Gasteiger partial charge in [0.1, 0.15) is 12.1 Å². The van der Waals surface area contributed by atoms with E-state index in [-0.39, 0.29) is 12.3 Å². The zero-order valence-electron chi connectivity index (χ0n) is 16.7. The highest BCUT2D eigenvalue weighted by molar-refractivity contribution is 5.87. The van der Waals surface area contributed by atoms with E-state index in [1.807, 2.05) is 30.1 Å². The van der Waals surface area contributed by atoms with E-state index in [1.165, 1.54) is 12.1 Å². The highest BCUT2D eigenvalue weighted by Gasteiger charge is 2.09. The van der Waals surface area contributed by atoms with Gasteiger partial charge in [-0.05, 0) is 42.8 Å². The Balaban J connectivity index is 1.67. The van der Waals surface area contributed by atoms with Crippen LogP contribution in [0, 0.1) is 10.1 Å². The number of benzene rings is 2. The molecule has 1 aromatic heterocycles. The van der Waals surface area contributed by atoms with Crippen molar-refractivity contribution >= 4 is 40.6 Å². The number of carbonyl (C=O) groups excluding carboxylic acids is 1. The fourth-order valence-corrected chi connectivity index (χ4v) is 2.64. The molecule has 0 saturated carbocycles. The summed E-state index contributed by atoms with van der Waals surface area (Å²) in [5.74, 6) is 0.0251. The molecule has 30 heavy (non-hydrogen) atoms. The van der Waals surface area contributed by atoms with Gasteiger partial charge in [-0.1, -0.05) is 6.58 Å². The topological polar surface area (TPSA) is 98.7 Å². The third kappa shape index (κ3) is 5.11. The molecule has 0 N–H and O–H groups in total. The molecule has 0 aliphatic carbocycles. The molecule has 154 valence electrons. The summed E-state index contributed by atoms with van der Waals surface area (Å²) < 4.78 is 10.9. The van der Waals surface area contributed by atoms with E-state index in [0.29, 0.717) is 29.1 Å². The lowest BCUT2D eigenvalue weighted by molar-refractivity contribution is -0.384. The molecule has 8 nitrogen and oxygen atoms in total. The van der Waals surface area contributed by atoms with E-state index < -0.39 is 10.9 Å². The first-order chi connectivity index (χ1) is 14.3. The number of anilines is 1. The Bertz CT molecular complexity index is 1120. The van der Waals surface area contributed by atoms with Crippen LogP contribution in [0.25, 0.3) is 23.3 Å². The Labute approximate surface area is 173 Å². The lowest BCUT2D eigenvalue weighted by Gasteiger charge is -2.18.